The molecule has 0 N–H and O–H groups in total. The highest BCUT2D eigenvalue weighted by molar-refractivity contribution is 5.77. The summed E-state index contributed by atoms with van der Waals surface area (Å²) in [5.74, 6) is 1.05. The van der Waals surface area contributed by atoms with E-state index < -0.39 is 0 Å². The first kappa shape index (κ1) is 13.5. The van der Waals surface area contributed by atoms with Crippen LogP contribution in [0.5, 0.6) is 0 Å². The Balaban J connectivity index is 2.36. The monoisotopic (exact) mass is 226 g/mol. The number of nitrogens with zero attached hydrogens (tertiary/aromatic N) is 2. The lowest BCUT2D eigenvalue weighted by molar-refractivity contribution is -0.133. The second kappa shape index (κ2) is 5.67. The summed E-state index contributed by atoms with van der Waals surface area (Å²) in [4.78, 5) is 16.2. The minimum Gasteiger partial charge on any atom is -0.345 e. The van der Waals surface area contributed by atoms with Crippen molar-refractivity contribution < 1.29 is 4.79 Å². The van der Waals surface area contributed by atoms with Crippen molar-refractivity contribution >= 4 is 5.91 Å². The molecule has 1 aliphatic heterocycles. The Hall–Kier alpha value is -0.570. The molecule has 1 aliphatic rings. The minimum absolute atomic E-state index is 0.118. The van der Waals surface area contributed by atoms with Crippen LogP contribution >= 0.6 is 0 Å². The molecule has 1 saturated heterocycles. The zero-order valence-electron chi connectivity index (χ0n) is 11.4. The van der Waals surface area contributed by atoms with E-state index in [1.54, 1.807) is 0 Å². The lowest BCUT2D eigenvalue weighted by Gasteiger charge is -2.24. The van der Waals surface area contributed by atoms with Gasteiger partial charge in [-0.15, -0.1) is 0 Å². The molecule has 94 valence electrons. The smallest absolute Gasteiger partial charge is 0.224 e. The van der Waals surface area contributed by atoms with Crippen LogP contribution in [0.15, 0.2) is 0 Å². The fraction of sp³-hybridized carbons (Fsp3) is 0.923. The first-order valence-corrected chi connectivity index (χ1v) is 6.40. The minimum atomic E-state index is 0.118. The molecule has 1 unspecified atom stereocenters. The van der Waals surface area contributed by atoms with E-state index in [-0.39, 0.29) is 11.8 Å². The summed E-state index contributed by atoms with van der Waals surface area (Å²) in [5, 5.41) is 0. The van der Waals surface area contributed by atoms with Crippen molar-refractivity contribution in [2.24, 2.45) is 11.8 Å². The number of rotatable bonds is 4. The standard InChI is InChI=1S/C13H26N2O/c1-10(2)13(16)14(5)8-12-6-7-15(9-12)11(3)4/h10-12H,6-9H2,1-5H3. The SMILES string of the molecule is CC(C)C(=O)N(C)CC1CCN(C(C)C)C1. The molecule has 0 aromatic heterocycles. The Kier molecular flexibility index (Phi) is 4.78. The zero-order valence-corrected chi connectivity index (χ0v) is 11.4. The molecular formula is C13H26N2O. The fourth-order valence-electron chi connectivity index (χ4n) is 2.40. The van der Waals surface area contributed by atoms with Crippen LogP contribution in [0, 0.1) is 11.8 Å². The summed E-state index contributed by atoms with van der Waals surface area (Å²) in [6, 6.07) is 0.635. The van der Waals surface area contributed by atoms with Gasteiger partial charge >= 0.3 is 0 Å². The van der Waals surface area contributed by atoms with Gasteiger partial charge in [0.2, 0.25) is 5.91 Å². The van der Waals surface area contributed by atoms with Crippen LogP contribution in [0.1, 0.15) is 34.1 Å². The van der Waals surface area contributed by atoms with Gasteiger partial charge in [-0.3, -0.25) is 4.79 Å². The van der Waals surface area contributed by atoms with Crippen molar-refractivity contribution in [1.82, 2.24) is 9.80 Å². The van der Waals surface area contributed by atoms with E-state index in [0.717, 1.165) is 13.1 Å². The molecule has 0 aromatic carbocycles. The third kappa shape index (κ3) is 3.48. The fourth-order valence-corrected chi connectivity index (χ4v) is 2.40. The van der Waals surface area contributed by atoms with Gasteiger partial charge in [-0.2, -0.15) is 0 Å². The van der Waals surface area contributed by atoms with Crippen molar-refractivity contribution in [3.8, 4) is 0 Å². The zero-order chi connectivity index (χ0) is 12.3. The van der Waals surface area contributed by atoms with Crippen LogP contribution in [0.25, 0.3) is 0 Å². The maximum Gasteiger partial charge on any atom is 0.224 e. The van der Waals surface area contributed by atoms with Gasteiger partial charge in [-0.1, -0.05) is 13.8 Å². The Bertz CT molecular complexity index is 238. The van der Waals surface area contributed by atoms with Gasteiger partial charge < -0.3 is 9.80 Å². The van der Waals surface area contributed by atoms with Crippen LogP contribution in [-0.4, -0.2) is 48.4 Å². The van der Waals surface area contributed by atoms with Crippen molar-refractivity contribution in [1.29, 1.82) is 0 Å². The molecule has 1 rings (SSSR count). The third-order valence-corrected chi connectivity index (χ3v) is 3.45. The predicted octanol–water partition coefficient (Wildman–Crippen LogP) is 1.83. The maximum atomic E-state index is 11.8. The van der Waals surface area contributed by atoms with Gasteiger partial charge in [-0.25, -0.2) is 0 Å². The van der Waals surface area contributed by atoms with E-state index in [1.165, 1.54) is 13.0 Å². The lowest BCUT2D eigenvalue weighted by Crippen LogP contribution is -2.36. The molecule has 0 aromatic rings. The number of hydrogen-bond acceptors (Lipinski definition) is 2. The average molecular weight is 226 g/mol. The quantitative estimate of drug-likeness (QED) is 0.730. The van der Waals surface area contributed by atoms with Crippen LogP contribution in [-0.2, 0) is 4.79 Å². The highest BCUT2D eigenvalue weighted by atomic mass is 16.2. The second-order valence-electron chi connectivity index (χ2n) is 5.62. The van der Waals surface area contributed by atoms with E-state index in [2.05, 4.69) is 18.7 Å². The summed E-state index contributed by atoms with van der Waals surface area (Å²) >= 11 is 0. The van der Waals surface area contributed by atoms with E-state index in [9.17, 15) is 4.79 Å². The molecule has 0 bridgehead atoms. The highest BCUT2D eigenvalue weighted by Crippen LogP contribution is 2.19. The third-order valence-electron chi connectivity index (χ3n) is 3.45. The van der Waals surface area contributed by atoms with Crippen LogP contribution in [0.4, 0.5) is 0 Å². The largest absolute Gasteiger partial charge is 0.345 e. The van der Waals surface area contributed by atoms with E-state index in [1.807, 2.05) is 25.8 Å². The lowest BCUT2D eigenvalue weighted by atomic mass is 10.1. The molecule has 0 radical (unpaired) electrons. The number of amides is 1. The van der Waals surface area contributed by atoms with E-state index in [4.69, 9.17) is 0 Å². The molecule has 1 fully saturated rings. The summed E-state index contributed by atoms with van der Waals surface area (Å²) in [6.07, 6.45) is 1.23. The van der Waals surface area contributed by atoms with Crippen LogP contribution in [0.2, 0.25) is 0 Å². The van der Waals surface area contributed by atoms with Gasteiger partial charge in [0, 0.05) is 32.1 Å². The number of hydrogen-bond donors (Lipinski definition) is 0. The number of carbonyl (C=O) groups excluding carboxylic acids is 1. The van der Waals surface area contributed by atoms with Gasteiger partial charge in [-0.05, 0) is 32.7 Å². The van der Waals surface area contributed by atoms with Crippen molar-refractivity contribution in [2.75, 3.05) is 26.7 Å². The molecular weight excluding hydrogens is 200 g/mol. The first-order valence-electron chi connectivity index (χ1n) is 6.40. The summed E-state index contributed by atoms with van der Waals surface area (Å²) in [5.41, 5.74) is 0. The van der Waals surface area contributed by atoms with Gasteiger partial charge in [0.05, 0.1) is 0 Å². The highest BCUT2D eigenvalue weighted by Gasteiger charge is 2.26. The van der Waals surface area contributed by atoms with Crippen LogP contribution in [0.3, 0.4) is 0 Å². The molecule has 0 saturated carbocycles. The Morgan fingerprint density at radius 3 is 2.44 bits per heavy atom. The van der Waals surface area contributed by atoms with Crippen molar-refractivity contribution in [3.63, 3.8) is 0 Å². The van der Waals surface area contributed by atoms with E-state index >= 15 is 0 Å². The number of likely N-dealkylation sites (tertiary alicyclic amines) is 1. The molecule has 3 heteroatoms. The summed E-state index contributed by atoms with van der Waals surface area (Å²) in [7, 11) is 1.93. The Labute approximate surface area is 99.8 Å². The number of carbonyl (C=O) groups is 1. The Morgan fingerprint density at radius 2 is 2.00 bits per heavy atom. The molecule has 1 amide bonds. The summed E-state index contributed by atoms with van der Waals surface area (Å²) < 4.78 is 0. The van der Waals surface area contributed by atoms with Gasteiger partial charge in [0.25, 0.3) is 0 Å². The molecule has 1 heterocycles. The predicted molar refractivity (Wildman–Crippen MR) is 67.3 cm³/mol. The molecule has 16 heavy (non-hydrogen) atoms. The summed E-state index contributed by atoms with van der Waals surface area (Å²) in [6.45, 7) is 11.7. The maximum absolute atomic E-state index is 11.8. The van der Waals surface area contributed by atoms with E-state index in [0.29, 0.717) is 12.0 Å². The van der Waals surface area contributed by atoms with Crippen LogP contribution < -0.4 is 0 Å². The first-order chi connectivity index (χ1) is 7.41. The van der Waals surface area contributed by atoms with Gasteiger partial charge in [0.15, 0.2) is 0 Å². The van der Waals surface area contributed by atoms with Crippen molar-refractivity contribution in [2.45, 2.75) is 40.2 Å². The molecule has 0 spiro atoms. The average Bonchev–Trinajstić information content (AvgIpc) is 2.64. The molecule has 1 atom stereocenters. The topological polar surface area (TPSA) is 23.6 Å². The second-order valence-corrected chi connectivity index (χ2v) is 5.62. The normalized spacial score (nSPS) is 22.1. The molecule has 0 aliphatic carbocycles. The van der Waals surface area contributed by atoms with Crippen molar-refractivity contribution in [3.05, 3.63) is 0 Å². The Morgan fingerprint density at radius 1 is 1.38 bits per heavy atom. The molecule has 3 nitrogen and oxygen atoms in total. The van der Waals surface area contributed by atoms with Gasteiger partial charge in [0.1, 0.15) is 0 Å².